The SMILES string of the molecule is ClCC1CCCOO1. The highest BCUT2D eigenvalue weighted by Crippen LogP contribution is 2.10. The van der Waals surface area contributed by atoms with Gasteiger partial charge in [-0.3, -0.25) is 0 Å². The molecule has 1 rings (SSSR count). The van der Waals surface area contributed by atoms with Crippen LogP contribution >= 0.6 is 11.6 Å². The summed E-state index contributed by atoms with van der Waals surface area (Å²) in [6.07, 6.45) is 2.23. The Labute approximate surface area is 53.7 Å². The van der Waals surface area contributed by atoms with Gasteiger partial charge in [-0.25, -0.2) is 9.78 Å². The van der Waals surface area contributed by atoms with Crippen LogP contribution in [0.3, 0.4) is 0 Å². The Bertz CT molecular complexity index is 61.4. The van der Waals surface area contributed by atoms with Crippen molar-refractivity contribution in [1.29, 1.82) is 0 Å². The smallest absolute Gasteiger partial charge is 0.107 e. The van der Waals surface area contributed by atoms with Crippen LogP contribution in [0, 0.1) is 0 Å². The Kier molecular flexibility index (Phi) is 2.59. The van der Waals surface area contributed by atoms with Crippen molar-refractivity contribution in [2.75, 3.05) is 12.5 Å². The third kappa shape index (κ3) is 1.62. The summed E-state index contributed by atoms with van der Waals surface area (Å²) in [6, 6.07) is 0. The summed E-state index contributed by atoms with van der Waals surface area (Å²) in [5.74, 6) is 0.542. The van der Waals surface area contributed by atoms with Gasteiger partial charge in [-0.15, -0.1) is 11.6 Å². The summed E-state index contributed by atoms with van der Waals surface area (Å²) in [5.41, 5.74) is 0. The molecule has 1 fully saturated rings. The third-order valence-corrected chi connectivity index (χ3v) is 1.47. The first-order chi connectivity index (χ1) is 3.93. The summed E-state index contributed by atoms with van der Waals surface area (Å²) in [4.78, 5) is 9.48. The maximum Gasteiger partial charge on any atom is 0.107 e. The van der Waals surface area contributed by atoms with Gasteiger partial charge in [0, 0.05) is 0 Å². The fraction of sp³-hybridized carbons (Fsp3) is 1.00. The van der Waals surface area contributed by atoms with Crippen molar-refractivity contribution in [3.05, 3.63) is 0 Å². The molecular formula is C5H9ClO2. The highest BCUT2D eigenvalue weighted by atomic mass is 35.5. The minimum atomic E-state index is 0.130. The minimum absolute atomic E-state index is 0.130. The van der Waals surface area contributed by atoms with Crippen LogP contribution in [0.5, 0.6) is 0 Å². The van der Waals surface area contributed by atoms with Gasteiger partial charge in [-0.1, -0.05) is 0 Å². The van der Waals surface area contributed by atoms with Gasteiger partial charge >= 0.3 is 0 Å². The Morgan fingerprint density at radius 3 is 2.88 bits per heavy atom. The Morgan fingerprint density at radius 2 is 2.50 bits per heavy atom. The standard InChI is InChI=1S/C5H9ClO2/c6-4-5-2-1-3-7-8-5/h5H,1-4H2. The molecule has 1 aliphatic rings. The first-order valence-electron chi connectivity index (χ1n) is 2.77. The van der Waals surface area contributed by atoms with Gasteiger partial charge in [0.05, 0.1) is 12.5 Å². The van der Waals surface area contributed by atoms with E-state index in [4.69, 9.17) is 16.5 Å². The first-order valence-corrected chi connectivity index (χ1v) is 3.31. The molecule has 0 amide bonds. The third-order valence-electron chi connectivity index (χ3n) is 1.13. The van der Waals surface area contributed by atoms with Gasteiger partial charge in [-0.2, -0.15) is 0 Å². The molecule has 0 aromatic heterocycles. The van der Waals surface area contributed by atoms with Gasteiger partial charge in [0.1, 0.15) is 6.10 Å². The van der Waals surface area contributed by atoms with Gasteiger partial charge in [0.15, 0.2) is 0 Å². The molecule has 1 unspecified atom stereocenters. The van der Waals surface area contributed by atoms with E-state index in [-0.39, 0.29) is 6.10 Å². The highest BCUT2D eigenvalue weighted by Gasteiger charge is 2.12. The monoisotopic (exact) mass is 136 g/mol. The van der Waals surface area contributed by atoms with Gasteiger partial charge < -0.3 is 0 Å². The van der Waals surface area contributed by atoms with Crippen molar-refractivity contribution in [3.8, 4) is 0 Å². The average molecular weight is 137 g/mol. The van der Waals surface area contributed by atoms with Gasteiger partial charge in [0.25, 0.3) is 0 Å². The van der Waals surface area contributed by atoms with Crippen LogP contribution in [0.4, 0.5) is 0 Å². The molecule has 1 aliphatic heterocycles. The molecule has 0 radical (unpaired) electrons. The summed E-state index contributed by atoms with van der Waals surface area (Å²) >= 11 is 5.48. The maximum absolute atomic E-state index is 5.48. The van der Waals surface area contributed by atoms with E-state index in [1.807, 2.05) is 0 Å². The molecule has 0 saturated carbocycles. The zero-order valence-corrected chi connectivity index (χ0v) is 5.36. The molecule has 1 saturated heterocycles. The summed E-state index contributed by atoms with van der Waals surface area (Å²) < 4.78 is 0. The number of rotatable bonds is 1. The molecule has 0 N–H and O–H groups in total. The number of alkyl halides is 1. The lowest BCUT2D eigenvalue weighted by Gasteiger charge is -2.18. The molecule has 8 heavy (non-hydrogen) atoms. The van der Waals surface area contributed by atoms with Crippen LogP contribution in [0.2, 0.25) is 0 Å². The van der Waals surface area contributed by atoms with E-state index in [1.165, 1.54) is 0 Å². The fourth-order valence-electron chi connectivity index (χ4n) is 0.665. The molecule has 2 nitrogen and oxygen atoms in total. The van der Waals surface area contributed by atoms with Crippen molar-refractivity contribution in [2.24, 2.45) is 0 Å². The summed E-state index contributed by atoms with van der Waals surface area (Å²) in [6.45, 7) is 0.716. The second-order valence-corrected chi connectivity index (χ2v) is 2.15. The molecule has 1 atom stereocenters. The molecule has 48 valence electrons. The lowest BCUT2D eigenvalue weighted by atomic mass is 10.2. The van der Waals surface area contributed by atoms with Crippen molar-refractivity contribution >= 4 is 11.6 Å². The molecule has 0 spiro atoms. The number of halogens is 1. The molecule has 0 aliphatic carbocycles. The van der Waals surface area contributed by atoms with Crippen LogP contribution in [-0.2, 0) is 9.78 Å². The van der Waals surface area contributed by atoms with Crippen LogP contribution in [0.15, 0.2) is 0 Å². The average Bonchev–Trinajstić information content (AvgIpc) is 1.90. The van der Waals surface area contributed by atoms with E-state index < -0.39 is 0 Å². The van der Waals surface area contributed by atoms with E-state index in [2.05, 4.69) is 4.89 Å². The minimum Gasteiger partial charge on any atom is -0.236 e. The molecule has 0 bridgehead atoms. The van der Waals surface area contributed by atoms with Crippen molar-refractivity contribution in [2.45, 2.75) is 18.9 Å². The van der Waals surface area contributed by atoms with Crippen molar-refractivity contribution in [1.82, 2.24) is 0 Å². The predicted molar refractivity (Wildman–Crippen MR) is 30.8 cm³/mol. The van der Waals surface area contributed by atoms with Crippen LogP contribution in [-0.4, -0.2) is 18.6 Å². The number of hydrogen-bond donors (Lipinski definition) is 0. The number of hydrogen-bond acceptors (Lipinski definition) is 2. The summed E-state index contributed by atoms with van der Waals surface area (Å²) in [5, 5.41) is 0. The zero-order valence-electron chi connectivity index (χ0n) is 4.60. The molecule has 0 aromatic carbocycles. The summed E-state index contributed by atoms with van der Waals surface area (Å²) in [7, 11) is 0. The van der Waals surface area contributed by atoms with Crippen molar-refractivity contribution < 1.29 is 9.78 Å². The molecular weight excluding hydrogens is 128 g/mol. The zero-order chi connectivity index (χ0) is 5.82. The Balaban J connectivity index is 2.13. The maximum atomic E-state index is 5.48. The van der Waals surface area contributed by atoms with E-state index >= 15 is 0 Å². The fourth-order valence-corrected chi connectivity index (χ4v) is 0.871. The van der Waals surface area contributed by atoms with Gasteiger partial charge in [-0.05, 0) is 12.8 Å². The predicted octanol–water partition coefficient (Wildman–Crippen LogP) is 1.34. The van der Waals surface area contributed by atoms with Crippen molar-refractivity contribution in [3.63, 3.8) is 0 Å². The molecule has 1 heterocycles. The van der Waals surface area contributed by atoms with E-state index in [9.17, 15) is 0 Å². The Hall–Kier alpha value is 0.210. The Morgan fingerprint density at radius 1 is 1.62 bits per heavy atom. The van der Waals surface area contributed by atoms with Crippen LogP contribution < -0.4 is 0 Å². The molecule has 3 heteroatoms. The van der Waals surface area contributed by atoms with Gasteiger partial charge in [0.2, 0.25) is 0 Å². The topological polar surface area (TPSA) is 18.5 Å². The quantitative estimate of drug-likeness (QED) is 0.400. The second kappa shape index (κ2) is 3.28. The van der Waals surface area contributed by atoms with Crippen LogP contribution in [0.1, 0.15) is 12.8 Å². The van der Waals surface area contributed by atoms with E-state index in [1.54, 1.807) is 0 Å². The van der Waals surface area contributed by atoms with E-state index in [0.717, 1.165) is 12.8 Å². The second-order valence-electron chi connectivity index (χ2n) is 1.84. The molecule has 0 aromatic rings. The van der Waals surface area contributed by atoms with E-state index in [0.29, 0.717) is 12.5 Å². The highest BCUT2D eigenvalue weighted by molar-refractivity contribution is 6.18. The largest absolute Gasteiger partial charge is 0.236 e. The lowest BCUT2D eigenvalue weighted by Crippen LogP contribution is -2.21. The first kappa shape index (κ1) is 6.33. The van der Waals surface area contributed by atoms with Crippen LogP contribution in [0.25, 0.3) is 0 Å². The normalized spacial score (nSPS) is 30.4. The lowest BCUT2D eigenvalue weighted by molar-refractivity contribution is -0.339.